The Morgan fingerprint density at radius 1 is 1.16 bits per heavy atom. The second-order valence-corrected chi connectivity index (χ2v) is 9.11. The molecule has 2 aliphatic rings. The standard InChI is InChI=1S/C18H24BrNO4S/c1-13(18(21)20-6-4-2-3-5-7-20)25(22)12-14-10-16-17(11-15(14)19)24-9-8-23-16/h10-11,13H,2-9,12H2,1H3/t13-,25-/m0/s1. The molecule has 1 fully saturated rings. The summed E-state index contributed by atoms with van der Waals surface area (Å²) in [4.78, 5) is 14.6. The summed E-state index contributed by atoms with van der Waals surface area (Å²) in [5.74, 6) is 1.70. The number of halogens is 1. The van der Waals surface area contributed by atoms with Gasteiger partial charge in [-0.05, 0) is 37.5 Å². The molecule has 7 heteroatoms. The van der Waals surface area contributed by atoms with E-state index in [0.717, 1.165) is 36.0 Å². The van der Waals surface area contributed by atoms with Crippen LogP contribution in [0.3, 0.4) is 0 Å². The zero-order valence-corrected chi connectivity index (χ0v) is 16.9. The van der Waals surface area contributed by atoms with Crippen LogP contribution in [-0.2, 0) is 21.3 Å². The maximum atomic E-state index is 12.8. The van der Waals surface area contributed by atoms with Gasteiger partial charge in [0, 0.05) is 28.4 Å². The first-order valence-corrected chi connectivity index (χ1v) is 11.0. The van der Waals surface area contributed by atoms with Crippen LogP contribution < -0.4 is 9.47 Å². The highest BCUT2D eigenvalue weighted by molar-refractivity contribution is 9.10. The molecule has 3 rings (SSSR count). The molecule has 5 nitrogen and oxygen atoms in total. The van der Waals surface area contributed by atoms with Crippen molar-refractivity contribution >= 4 is 32.6 Å². The first-order valence-electron chi connectivity index (χ1n) is 8.80. The molecule has 2 atom stereocenters. The lowest BCUT2D eigenvalue weighted by Gasteiger charge is -2.24. The van der Waals surface area contributed by atoms with Gasteiger partial charge in [-0.1, -0.05) is 28.8 Å². The molecule has 25 heavy (non-hydrogen) atoms. The lowest BCUT2D eigenvalue weighted by molar-refractivity contribution is -0.130. The number of likely N-dealkylation sites (tertiary alicyclic amines) is 1. The van der Waals surface area contributed by atoms with Gasteiger partial charge in [0.1, 0.15) is 18.5 Å². The minimum absolute atomic E-state index is 0.00824. The molecule has 0 saturated carbocycles. The third-order valence-corrected chi connectivity index (χ3v) is 6.99. The third-order valence-electron chi connectivity index (χ3n) is 4.67. The van der Waals surface area contributed by atoms with E-state index in [2.05, 4.69) is 15.9 Å². The number of benzene rings is 1. The average Bonchev–Trinajstić information content (AvgIpc) is 2.90. The Balaban J connectivity index is 1.67. The highest BCUT2D eigenvalue weighted by Crippen LogP contribution is 2.36. The van der Waals surface area contributed by atoms with Crippen molar-refractivity contribution in [2.75, 3.05) is 26.3 Å². The van der Waals surface area contributed by atoms with E-state index >= 15 is 0 Å². The fourth-order valence-corrected chi connectivity index (χ4v) is 4.97. The van der Waals surface area contributed by atoms with Gasteiger partial charge < -0.3 is 14.4 Å². The fraction of sp³-hybridized carbons (Fsp3) is 0.611. The quantitative estimate of drug-likeness (QED) is 0.736. The van der Waals surface area contributed by atoms with Crippen molar-refractivity contribution in [1.82, 2.24) is 4.90 Å². The van der Waals surface area contributed by atoms with E-state index in [-0.39, 0.29) is 5.91 Å². The number of amides is 1. The summed E-state index contributed by atoms with van der Waals surface area (Å²) in [5, 5.41) is -0.502. The van der Waals surface area contributed by atoms with E-state index in [1.165, 1.54) is 12.8 Å². The number of hydrogen-bond acceptors (Lipinski definition) is 4. The molecule has 1 aromatic rings. The van der Waals surface area contributed by atoms with Crippen LogP contribution >= 0.6 is 15.9 Å². The van der Waals surface area contributed by atoms with Crippen molar-refractivity contribution in [3.05, 3.63) is 22.2 Å². The molecule has 1 aromatic carbocycles. The van der Waals surface area contributed by atoms with Gasteiger partial charge in [-0.3, -0.25) is 9.00 Å². The number of rotatable bonds is 4. The van der Waals surface area contributed by atoms with Crippen LogP contribution in [0.15, 0.2) is 16.6 Å². The number of hydrogen-bond donors (Lipinski definition) is 0. The minimum Gasteiger partial charge on any atom is -0.486 e. The van der Waals surface area contributed by atoms with Gasteiger partial charge in [0.25, 0.3) is 0 Å². The molecule has 1 saturated heterocycles. The molecule has 0 bridgehead atoms. The van der Waals surface area contributed by atoms with E-state index in [1.54, 1.807) is 6.92 Å². The van der Waals surface area contributed by atoms with Crippen LogP contribution in [0.4, 0.5) is 0 Å². The third kappa shape index (κ3) is 4.56. The topological polar surface area (TPSA) is 55.8 Å². The molecule has 0 aliphatic carbocycles. The Morgan fingerprint density at radius 3 is 2.40 bits per heavy atom. The van der Waals surface area contributed by atoms with Gasteiger partial charge in [0.2, 0.25) is 5.91 Å². The summed E-state index contributed by atoms with van der Waals surface area (Å²) in [6.45, 7) is 4.39. The second kappa shape index (κ2) is 8.54. The van der Waals surface area contributed by atoms with Crippen molar-refractivity contribution in [2.24, 2.45) is 0 Å². The van der Waals surface area contributed by atoms with Crippen LogP contribution in [0, 0.1) is 0 Å². The number of carbonyl (C=O) groups is 1. The van der Waals surface area contributed by atoms with Crippen molar-refractivity contribution in [2.45, 2.75) is 43.6 Å². The molecule has 138 valence electrons. The lowest BCUT2D eigenvalue weighted by atomic mass is 10.2. The van der Waals surface area contributed by atoms with Crippen LogP contribution in [0.1, 0.15) is 38.2 Å². The predicted molar refractivity (Wildman–Crippen MR) is 101 cm³/mol. The molecular weight excluding hydrogens is 406 g/mol. The Morgan fingerprint density at radius 2 is 1.76 bits per heavy atom. The van der Waals surface area contributed by atoms with Crippen molar-refractivity contribution < 1.29 is 18.5 Å². The van der Waals surface area contributed by atoms with E-state index < -0.39 is 16.0 Å². The highest BCUT2D eigenvalue weighted by atomic mass is 79.9. The van der Waals surface area contributed by atoms with Gasteiger partial charge in [-0.25, -0.2) is 0 Å². The molecular formula is C18H24BrNO4S. The number of carbonyl (C=O) groups excluding carboxylic acids is 1. The van der Waals surface area contributed by atoms with Gasteiger partial charge in [0.05, 0.1) is 5.75 Å². The zero-order valence-electron chi connectivity index (χ0n) is 14.5. The normalized spacial score (nSPS) is 19.8. The summed E-state index contributed by atoms with van der Waals surface area (Å²) < 4.78 is 24.8. The molecule has 0 aromatic heterocycles. The Hall–Kier alpha value is -1.08. The fourth-order valence-electron chi connectivity index (χ4n) is 3.16. The van der Waals surface area contributed by atoms with Crippen molar-refractivity contribution in [3.63, 3.8) is 0 Å². The monoisotopic (exact) mass is 429 g/mol. The largest absolute Gasteiger partial charge is 0.486 e. The van der Waals surface area contributed by atoms with Crippen molar-refractivity contribution in [1.29, 1.82) is 0 Å². The van der Waals surface area contributed by atoms with Crippen LogP contribution in [0.2, 0.25) is 0 Å². The van der Waals surface area contributed by atoms with Crippen LogP contribution in [0.5, 0.6) is 11.5 Å². The Kier molecular flexibility index (Phi) is 6.39. The molecule has 1 amide bonds. The molecule has 2 heterocycles. The second-order valence-electron chi connectivity index (χ2n) is 6.49. The summed E-state index contributed by atoms with van der Waals surface area (Å²) in [6.07, 6.45) is 4.42. The molecule has 2 aliphatic heterocycles. The maximum Gasteiger partial charge on any atom is 0.238 e. The lowest BCUT2D eigenvalue weighted by Crippen LogP contribution is -2.40. The first-order chi connectivity index (χ1) is 12.1. The smallest absolute Gasteiger partial charge is 0.238 e. The van der Waals surface area contributed by atoms with E-state index in [0.29, 0.717) is 30.5 Å². The van der Waals surface area contributed by atoms with Gasteiger partial charge >= 0.3 is 0 Å². The highest BCUT2D eigenvalue weighted by Gasteiger charge is 2.27. The van der Waals surface area contributed by atoms with Crippen LogP contribution in [0.25, 0.3) is 0 Å². The van der Waals surface area contributed by atoms with Crippen LogP contribution in [-0.4, -0.2) is 46.6 Å². The number of fused-ring (bicyclic) bond motifs is 1. The summed E-state index contributed by atoms with van der Waals surface area (Å²) in [6, 6.07) is 3.71. The molecule has 0 spiro atoms. The Labute approximate surface area is 159 Å². The summed E-state index contributed by atoms with van der Waals surface area (Å²) in [7, 11) is -1.28. The molecule has 0 radical (unpaired) electrons. The molecule has 0 N–H and O–H groups in total. The number of nitrogens with zero attached hydrogens (tertiary/aromatic N) is 1. The van der Waals surface area contributed by atoms with Crippen molar-refractivity contribution in [3.8, 4) is 11.5 Å². The van der Waals surface area contributed by atoms with E-state index in [4.69, 9.17) is 9.47 Å². The Bertz CT molecular complexity index is 659. The predicted octanol–water partition coefficient (Wildman–Crippen LogP) is 3.26. The summed E-state index contributed by atoms with van der Waals surface area (Å²) in [5.41, 5.74) is 0.873. The molecule has 0 unspecified atom stereocenters. The number of ether oxygens (including phenoxy) is 2. The van der Waals surface area contributed by atoms with Gasteiger partial charge in [-0.2, -0.15) is 0 Å². The minimum atomic E-state index is -1.28. The van der Waals surface area contributed by atoms with E-state index in [9.17, 15) is 9.00 Å². The van der Waals surface area contributed by atoms with E-state index in [1.807, 2.05) is 17.0 Å². The summed E-state index contributed by atoms with van der Waals surface area (Å²) >= 11 is 3.51. The maximum absolute atomic E-state index is 12.8. The SMILES string of the molecule is C[C@@H](C(=O)N1CCCCCC1)[S@@](=O)Cc1cc2c(cc1Br)OCCO2. The average molecular weight is 430 g/mol. The first kappa shape index (κ1) is 18.7. The van der Waals surface area contributed by atoms with Gasteiger partial charge in [0.15, 0.2) is 11.5 Å². The van der Waals surface area contributed by atoms with Gasteiger partial charge in [-0.15, -0.1) is 0 Å². The zero-order chi connectivity index (χ0) is 17.8.